The van der Waals surface area contributed by atoms with Crippen molar-refractivity contribution in [1.82, 2.24) is 19.3 Å². The first-order valence-corrected chi connectivity index (χ1v) is 13.8. The molecule has 5 rings (SSSR count). The van der Waals surface area contributed by atoms with Crippen molar-refractivity contribution >= 4 is 23.2 Å². The quantitative estimate of drug-likeness (QED) is 0.298. The highest BCUT2D eigenvalue weighted by Gasteiger charge is 2.46. The van der Waals surface area contributed by atoms with E-state index in [-0.39, 0.29) is 25.1 Å². The van der Waals surface area contributed by atoms with Crippen LogP contribution in [0.2, 0.25) is 0 Å². The Morgan fingerprint density at radius 2 is 1.84 bits per heavy atom. The van der Waals surface area contributed by atoms with Gasteiger partial charge in [0.15, 0.2) is 0 Å². The number of morpholine rings is 1. The molecule has 1 aliphatic rings. The Balaban J connectivity index is 1.43. The first-order chi connectivity index (χ1) is 21.2. The number of nitrogens with one attached hydrogen (secondary N) is 1. The zero-order chi connectivity index (χ0) is 32.8. The van der Waals surface area contributed by atoms with Crippen LogP contribution >= 0.6 is 0 Å². The van der Waals surface area contributed by atoms with Gasteiger partial charge in [-0.2, -0.15) is 13.2 Å². The van der Waals surface area contributed by atoms with Crippen LogP contribution in [0.25, 0.3) is 16.8 Å². The molecule has 0 saturated carbocycles. The number of hydrogen-bond acceptors (Lipinski definition) is 6. The second-order valence-corrected chi connectivity index (χ2v) is 10.7. The fourth-order valence-corrected chi connectivity index (χ4v) is 5.50. The number of alkyl halides is 3. The number of imidazole rings is 1. The van der Waals surface area contributed by atoms with E-state index in [1.165, 1.54) is 10.8 Å². The second-order valence-electron chi connectivity index (χ2n) is 10.7. The van der Waals surface area contributed by atoms with Crippen LogP contribution in [0.5, 0.6) is 0 Å². The summed E-state index contributed by atoms with van der Waals surface area (Å²) in [4.78, 5) is 43.3. The molecule has 1 saturated heterocycles. The maximum absolute atomic E-state index is 15.1. The Labute approximate surface area is 252 Å². The topological polar surface area (TPSA) is 118 Å². The molecule has 15 heteroatoms. The van der Waals surface area contributed by atoms with Crippen molar-refractivity contribution in [2.75, 3.05) is 24.7 Å². The molecule has 2 atom stereocenters. The molecule has 238 valence electrons. The minimum Gasteiger partial charge on any atom is -0.480 e. The Bertz CT molecular complexity index is 1850. The van der Waals surface area contributed by atoms with Crippen molar-refractivity contribution in [3.8, 4) is 11.1 Å². The summed E-state index contributed by atoms with van der Waals surface area (Å²) >= 11 is 0. The van der Waals surface area contributed by atoms with E-state index in [1.807, 2.05) is 6.07 Å². The van der Waals surface area contributed by atoms with Gasteiger partial charge >= 0.3 is 12.1 Å². The van der Waals surface area contributed by atoms with E-state index in [0.717, 1.165) is 10.6 Å². The monoisotopic (exact) mass is 633 g/mol. The summed E-state index contributed by atoms with van der Waals surface area (Å²) in [5.74, 6) is -5.84. The minimum absolute atomic E-state index is 0.106. The van der Waals surface area contributed by atoms with Crippen LogP contribution in [0.4, 0.5) is 27.6 Å². The number of carbonyl (C=O) groups excluding carboxylic acids is 1. The van der Waals surface area contributed by atoms with Crippen LogP contribution in [-0.4, -0.2) is 69.0 Å². The summed E-state index contributed by atoms with van der Waals surface area (Å²) in [7, 11) is 1.64. The maximum atomic E-state index is 15.1. The summed E-state index contributed by atoms with van der Waals surface area (Å²) in [6.45, 7) is 2.45. The molecule has 0 radical (unpaired) electrons. The highest BCUT2D eigenvalue weighted by molar-refractivity contribution is 5.97. The molecule has 1 amide bonds. The smallest absolute Gasteiger partial charge is 0.411 e. The van der Waals surface area contributed by atoms with Gasteiger partial charge in [0.05, 0.1) is 18.8 Å². The number of hydrogen-bond donors (Lipinski definition) is 2. The molecule has 4 heterocycles. The number of fused-ring (bicyclic) bond motifs is 1. The van der Waals surface area contributed by atoms with Crippen LogP contribution in [0.15, 0.2) is 47.5 Å². The fourth-order valence-electron chi connectivity index (χ4n) is 5.50. The van der Waals surface area contributed by atoms with Crippen molar-refractivity contribution in [1.29, 1.82) is 0 Å². The van der Waals surface area contributed by atoms with E-state index in [0.29, 0.717) is 40.2 Å². The molecule has 4 aromatic rings. The van der Waals surface area contributed by atoms with Gasteiger partial charge in [-0.1, -0.05) is 0 Å². The summed E-state index contributed by atoms with van der Waals surface area (Å²) in [5.41, 5.74) is 1.23. The normalized spacial score (nSPS) is 16.2. The Hall–Kier alpha value is -4.79. The van der Waals surface area contributed by atoms with E-state index in [9.17, 15) is 32.7 Å². The largest absolute Gasteiger partial charge is 0.480 e. The van der Waals surface area contributed by atoms with E-state index >= 15 is 8.78 Å². The van der Waals surface area contributed by atoms with Crippen molar-refractivity contribution in [2.45, 2.75) is 38.5 Å². The number of pyridine rings is 2. The SMILES string of the molecule is Cc1cc(C)n(C)c(=O)c1-c1ccc(CC(NC(=O)c2c(F)cc(N3CCOC[C@@H]3C(F)(F)F)cc2F)C(=O)O)n2ccnc12. The lowest BCUT2D eigenvalue weighted by Gasteiger charge is -2.38. The maximum Gasteiger partial charge on any atom is 0.411 e. The zero-order valence-corrected chi connectivity index (χ0v) is 24.3. The van der Waals surface area contributed by atoms with Crippen LogP contribution in [0.1, 0.15) is 27.3 Å². The summed E-state index contributed by atoms with van der Waals surface area (Å²) in [6, 6.07) is 2.39. The summed E-state index contributed by atoms with van der Waals surface area (Å²) < 4.78 is 78.5. The lowest BCUT2D eigenvalue weighted by Crippen LogP contribution is -2.53. The number of carboxylic acid groups (broad SMARTS) is 1. The lowest BCUT2D eigenvalue weighted by atomic mass is 10.0. The molecule has 3 aromatic heterocycles. The molecule has 1 aliphatic heterocycles. The molecule has 45 heavy (non-hydrogen) atoms. The average Bonchev–Trinajstić information content (AvgIpc) is 3.46. The first kappa shape index (κ1) is 31.6. The van der Waals surface area contributed by atoms with Gasteiger partial charge in [0, 0.05) is 55.0 Å². The van der Waals surface area contributed by atoms with Gasteiger partial charge in [-0.3, -0.25) is 9.59 Å². The molecule has 0 aliphatic carbocycles. The number of aliphatic carboxylic acids is 1. The minimum atomic E-state index is -4.74. The third-order valence-corrected chi connectivity index (χ3v) is 7.88. The number of carboxylic acids is 1. The second kappa shape index (κ2) is 12.0. The predicted molar refractivity (Wildman–Crippen MR) is 152 cm³/mol. The number of aryl methyl sites for hydroxylation is 2. The molecule has 1 aromatic carbocycles. The predicted octanol–water partition coefficient (Wildman–Crippen LogP) is 3.79. The zero-order valence-electron chi connectivity index (χ0n) is 24.3. The van der Waals surface area contributed by atoms with Crippen molar-refractivity contribution in [3.05, 3.63) is 87.2 Å². The van der Waals surface area contributed by atoms with Gasteiger partial charge in [0.2, 0.25) is 0 Å². The van der Waals surface area contributed by atoms with E-state index in [4.69, 9.17) is 4.74 Å². The number of nitrogens with zero attached hydrogens (tertiary/aromatic N) is 4. The van der Waals surface area contributed by atoms with E-state index < -0.39 is 59.6 Å². The third kappa shape index (κ3) is 5.99. The summed E-state index contributed by atoms with van der Waals surface area (Å²) in [6.07, 6.45) is -2.10. The molecule has 10 nitrogen and oxygen atoms in total. The standard InChI is InChI=1S/C30H28F5N5O5/c1-15-10-16(2)38(3)28(42)24(15)19-5-4-17(40-7-6-36-26(19)40)13-22(29(43)44)37-27(41)25-20(31)11-18(12-21(25)32)39-8-9-45-14-23(39)30(33,34)35/h4-7,10-12,22-23H,8-9,13-14H2,1-3H3,(H,37,41)(H,43,44)/t22?,23-/m1/s1. The Morgan fingerprint density at radius 1 is 1.16 bits per heavy atom. The number of halogens is 5. The van der Waals surface area contributed by atoms with Gasteiger partial charge in [0.25, 0.3) is 11.5 Å². The number of aromatic nitrogens is 3. The molecule has 0 spiro atoms. The number of anilines is 1. The molecular weight excluding hydrogens is 605 g/mol. The molecular formula is C30H28F5N5O5. The molecule has 0 bridgehead atoms. The number of rotatable bonds is 7. The third-order valence-electron chi connectivity index (χ3n) is 7.88. The van der Waals surface area contributed by atoms with Crippen molar-refractivity contribution in [2.24, 2.45) is 7.05 Å². The number of ether oxygens (including phenoxy) is 1. The highest BCUT2D eigenvalue weighted by Crippen LogP contribution is 2.33. The van der Waals surface area contributed by atoms with Crippen molar-refractivity contribution in [3.63, 3.8) is 0 Å². The van der Waals surface area contributed by atoms with Crippen molar-refractivity contribution < 1.29 is 41.4 Å². The first-order valence-electron chi connectivity index (χ1n) is 13.8. The lowest BCUT2D eigenvalue weighted by molar-refractivity contribution is -0.167. The van der Waals surface area contributed by atoms with Crippen LogP contribution in [0, 0.1) is 25.5 Å². The van der Waals surface area contributed by atoms with E-state index in [1.54, 1.807) is 43.6 Å². The van der Waals surface area contributed by atoms with Gasteiger partial charge in [-0.15, -0.1) is 0 Å². The Kier molecular flexibility index (Phi) is 8.40. The van der Waals surface area contributed by atoms with Gasteiger partial charge in [-0.05, 0) is 49.7 Å². The number of benzene rings is 1. The number of carbonyl (C=O) groups is 2. The van der Waals surface area contributed by atoms with Crippen LogP contribution in [-0.2, 0) is 23.0 Å². The van der Waals surface area contributed by atoms with E-state index in [2.05, 4.69) is 10.3 Å². The molecule has 1 fully saturated rings. The summed E-state index contributed by atoms with van der Waals surface area (Å²) in [5, 5.41) is 12.0. The Morgan fingerprint density at radius 3 is 2.49 bits per heavy atom. The van der Waals surface area contributed by atoms with Crippen LogP contribution < -0.4 is 15.8 Å². The molecule has 2 N–H and O–H groups in total. The van der Waals surface area contributed by atoms with Gasteiger partial charge in [-0.25, -0.2) is 18.6 Å². The van der Waals surface area contributed by atoms with Gasteiger partial charge < -0.3 is 29.0 Å². The number of amides is 1. The average molecular weight is 634 g/mol. The highest BCUT2D eigenvalue weighted by atomic mass is 19.4. The van der Waals surface area contributed by atoms with Crippen LogP contribution in [0.3, 0.4) is 0 Å². The fraction of sp³-hybridized carbons (Fsp3) is 0.333. The van der Waals surface area contributed by atoms with Gasteiger partial charge in [0.1, 0.15) is 34.9 Å². The molecule has 1 unspecified atom stereocenters.